The first kappa shape index (κ1) is 12.1. The van der Waals surface area contributed by atoms with Crippen LogP contribution in [0, 0.1) is 0 Å². The molecule has 0 saturated heterocycles. The van der Waals surface area contributed by atoms with Gasteiger partial charge in [-0.3, -0.25) is 4.79 Å². The summed E-state index contributed by atoms with van der Waals surface area (Å²) in [6.45, 7) is 0.720. The fourth-order valence-corrected chi connectivity index (χ4v) is 2.53. The summed E-state index contributed by atoms with van der Waals surface area (Å²) in [5.41, 5.74) is 1.99. The summed E-state index contributed by atoms with van der Waals surface area (Å²) in [6, 6.07) is 10.2. The van der Waals surface area contributed by atoms with Crippen molar-refractivity contribution >= 4 is 27.1 Å². The summed E-state index contributed by atoms with van der Waals surface area (Å²) in [4.78, 5) is 22.5. The molecule has 0 aliphatic rings. The summed E-state index contributed by atoms with van der Waals surface area (Å²) in [5.74, 6) is 0. The van der Waals surface area contributed by atoms with Crippen molar-refractivity contribution in [2.45, 2.75) is 13.0 Å². The van der Waals surface area contributed by atoms with Crippen molar-refractivity contribution in [3.05, 3.63) is 57.3 Å². The number of rotatable bonds is 3. The number of imidazole rings is 1. The number of fused-ring (bicyclic) bond motifs is 1. The van der Waals surface area contributed by atoms with Crippen molar-refractivity contribution in [2.24, 2.45) is 0 Å². The zero-order chi connectivity index (χ0) is 13.2. The van der Waals surface area contributed by atoms with Crippen molar-refractivity contribution in [1.29, 1.82) is 0 Å². The van der Waals surface area contributed by atoms with Crippen LogP contribution in [0.25, 0.3) is 11.2 Å². The Labute approximate surface area is 117 Å². The third-order valence-corrected chi connectivity index (χ3v) is 3.56. The van der Waals surface area contributed by atoms with Gasteiger partial charge < -0.3 is 9.55 Å². The van der Waals surface area contributed by atoms with Crippen LogP contribution in [-0.2, 0) is 13.0 Å². The highest BCUT2D eigenvalue weighted by atomic mass is 79.9. The van der Waals surface area contributed by atoms with Gasteiger partial charge in [-0.05, 0) is 27.9 Å². The number of hydrogen-bond donors (Lipinski definition) is 1. The quantitative estimate of drug-likeness (QED) is 0.752. The van der Waals surface area contributed by atoms with E-state index >= 15 is 0 Å². The van der Waals surface area contributed by atoms with Gasteiger partial charge in [-0.25, -0.2) is 9.97 Å². The van der Waals surface area contributed by atoms with Gasteiger partial charge in [-0.2, -0.15) is 0 Å². The van der Waals surface area contributed by atoms with E-state index in [2.05, 4.69) is 43.0 Å². The molecular weight excluding hydrogens is 308 g/mol. The van der Waals surface area contributed by atoms with Gasteiger partial charge in [0.15, 0.2) is 15.9 Å². The van der Waals surface area contributed by atoms with Gasteiger partial charge in [-0.15, -0.1) is 0 Å². The van der Waals surface area contributed by atoms with Gasteiger partial charge in [0.05, 0.1) is 6.33 Å². The molecule has 0 aliphatic heterocycles. The Morgan fingerprint density at radius 1 is 1.26 bits per heavy atom. The number of H-pyrrole nitrogens is 1. The van der Waals surface area contributed by atoms with Crippen LogP contribution in [0.15, 0.2) is 46.2 Å². The minimum absolute atomic E-state index is 0.218. The maximum atomic E-state index is 11.6. The molecule has 5 nitrogen and oxygen atoms in total. The topological polar surface area (TPSA) is 63.6 Å². The summed E-state index contributed by atoms with van der Waals surface area (Å²) in [7, 11) is 0. The molecule has 3 aromatic rings. The zero-order valence-electron chi connectivity index (χ0n) is 10.0. The van der Waals surface area contributed by atoms with E-state index in [9.17, 15) is 4.79 Å². The van der Waals surface area contributed by atoms with Gasteiger partial charge in [0.1, 0.15) is 0 Å². The van der Waals surface area contributed by atoms with Crippen molar-refractivity contribution in [1.82, 2.24) is 19.5 Å². The van der Waals surface area contributed by atoms with Crippen LogP contribution in [-0.4, -0.2) is 19.5 Å². The minimum atomic E-state index is -0.218. The van der Waals surface area contributed by atoms with Crippen LogP contribution in [0.5, 0.6) is 0 Å². The summed E-state index contributed by atoms with van der Waals surface area (Å²) in [6.07, 6.45) is 2.26. The van der Waals surface area contributed by atoms with E-state index in [0.717, 1.165) is 13.0 Å². The number of aryl methyl sites for hydroxylation is 2. The Morgan fingerprint density at radius 3 is 2.84 bits per heavy atom. The first-order valence-corrected chi connectivity index (χ1v) is 6.68. The molecule has 0 saturated carbocycles. The molecule has 0 amide bonds. The Bertz CT molecular complexity index is 763. The van der Waals surface area contributed by atoms with E-state index in [1.54, 1.807) is 0 Å². The smallest absolute Gasteiger partial charge is 0.278 e. The normalized spacial score (nSPS) is 11.0. The third-order valence-electron chi connectivity index (χ3n) is 2.96. The van der Waals surface area contributed by atoms with E-state index < -0.39 is 0 Å². The third kappa shape index (κ3) is 2.31. The van der Waals surface area contributed by atoms with Crippen LogP contribution >= 0.6 is 15.9 Å². The second-order valence-electron chi connectivity index (χ2n) is 4.17. The predicted molar refractivity (Wildman–Crippen MR) is 76.0 cm³/mol. The van der Waals surface area contributed by atoms with Crippen LogP contribution < -0.4 is 5.56 Å². The maximum Gasteiger partial charge on any atom is 0.278 e. The second-order valence-corrected chi connectivity index (χ2v) is 4.88. The van der Waals surface area contributed by atoms with E-state index in [1.165, 1.54) is 11.9 Å². The minimum Gasteiger partial charge on any atom is -0.311 e. The molecule has 1 N–H and O–H groups in total. The van der Waals surface area contributed by atoms with Gasteiger partial charge in [0, 0.05) is 6.54 Å². The fraction of sp³-hybridized carbons (Fsp3) is 0.154. The van der Waals surface area contributed by atoms with E-state index in [-0.39, 0.29) is 5.56 Å². The highest BCUT2D eigenvalue weighted by Crippen LogP contribution is 2.16. The van der Waals surface area contributed by atoms with Crippen LogP contribution in [0.2, 0.25) is 0 Å². The molecule has 0 bridgehead atoms. The molecule has 2 heterocycles. The highest BCUT2D eigenvalue weighted by Gasteiger charge is 2.12. The average molecular weight is 319 g/mol. The first-order chi connectivity index (χ1) is 9.25. The van der Waals surface area contributed by atoms with Gasteiger partial charge in [-0.1, -0.05) is 30.3 Å². The highest BCUT2D eigenvalue weighted by molar-refractivity contribution is 9.10. The number of aromatic nitrogens is 4. The summed E-state index contributed by atoms with van der Waals surface area (Å²) in [5, 5.41) is 0. The van der Waals surface area contributed by atoms with Crippen LogP contribution in [0.4, 0.5) is 0 Å². The Balaban J connectivity index is 1.95. The van der Waals surface area contributed by atoms with Crippen LogP contribution in [0.1, 0.15) is 5.56 Å². The van der Waals surface area contributed by atoms with Gasteiger partial charge >= 0.3 is 0 Å². The number of hydrogen-bond acceptors (Lipinski definition) is 3. The largest absolute Gasteiger partial charge is 0.311 e. The van der Waals surface area contributed by atoms with Gasteiger partial charge in [0.25, 0.3) is 5.56 Å². The number of benzene rings is 1. The summed E-state index contributed by atoms with van der Waals surface area (Å²) < 4.78 is 2.53. The molecule has 0 atom stereocenters. The van der Waals surface area contributed by atoms with Crippen molar-refractivity contribution in [2.75, 3.05) is 0 Å². The first-order valence-electron chi connectivity index (χ1n) is 5.89. The standard InChI is InChI=1S/C13H11BrN4O/c14-13-17-10-11(15-8-16-12(10)19)18(13)7-6-9-4-2-1-3-5-9/h1-5,8H,6-7H2,(H,15,16,19). The van der Waals surface area contributed by atoms with Crippen molar-refractivity contribution in [3.63, 3.8) is 0 Å². The molecule has 0 fully saturated rings. The molecular formula is C13H11BrN4O. The lowest BCUT2D eigenvalue weighted by molar-refractivity contribution is 0.693. The van der Waals surface area contributed by atoms with Crippen molar-refractivity contribution < 1.29 is 0 Å². The van der Waals surface area contributed by atoms with Gasteiger partial charge in [0.2, 0.25) is 0 Å². The van der Waals surface area contributed by atoms with E-state index in [4.69, 9.17) is 0 Å². The lowest BCUT2D eigenvalue weighted by atomic mass is 10.1. The number of halogens is 1. The molecule has 1 aromatic carbocycles. The van der Waals surface area contributed by atoms with Crippen molar-refractivity contribution in [3.8, 4) is 0 Å². The van der Waals surface area contributed by atoms with E-state index in [1.807, 2.05) is 22.8 Å². The second kappa shape index (κ2) is 4.97. The molecule has 0 unspecified atom stereocenters. The Morgan fingerprint density at radius 2 is 2.05 bits per heavy atom. The predicted octanol–water partition coefficient (Wildman–Crippen LogP) is 2.12. The van der Waals surface area contributed by atoms with E-state index in [0.29, 0.717) is 15.9 Å². The molecule has 0 radical (unpaired) electrons. The lowest BCUT2D eigenvalue weighted by Gasteiger charge is -2.05. The molecule has 3 rings (SSSR count). The lowest BCUT2D eigenvalue weighted by Crippen LogP contribution is -2.08. The molecule has 0 aliphatic carbocycles. The number of aromatic amines is 1. The zero-order valence-corrected chi connectivity index (χ0v) is 11.6. The molecule has 6 heteroatoms. The Kier molecular flexibility index (Phi) is 3.16. The monoisotopic (exact) mass is 318 g/mol. The van der Waals surface area contributed by atoms with Crippen LogP contribution in [0.3, 0.4) is 0 Å². The summed E-state index contributed by atoms with van der Waals surface area (Å²) >= 11 is 3.38. The molecule has 0 spiro atoms. The Hall–Kier alpha value is -1.95. The maximum absolute atomic E-state index is 11.6. The average Bonchev–Trinajstić information content (AvgIpc) is 2.75. The molecule has 19 heavy (non-hydrogen) atoms. The SMILES string of the molecule is O=c1[nH]cnc2c1nc(Br)n2CCc1ccccc1. The molecule has 2 aromatic heterocycles. The number of nitrogens with zero attached hydrogens (tertiary/aromatic N) is 3. The fourth-order valence-electron chi connectivity index (χ4n) is 2.01. The molecule has 96 valence electrons. The number of nitrogens with one attached hydrogen (secondary N) is 1.